The number of nitrogens with one attached hydrogen (secondary N) is 1. The van der Waals surface area contributed by atoms with Gasteiger partial charge >= 0.3 is 12.1 Å². The molecule has 0 aliphatic carbocycles. The van der Waals surface area contributed by atoms with E-state index in [1.54, 1.807) is 0 Å². The van der Waals surface area contributed by atoms with Crippen molar-refractivity contribution in [2.24, 2.45) is 0 Å². The lowest BCUT2D eigenvalue weighted by Gasteiger charge is -2.11. The molecule has 2 N–H and O–H groups in total. The normalized spacial score (nSPS) is 11.8. The molecule has 0 bridgehead atoms. The van der Waals surface area contributed by atoms with E-state index in [-0.39, 0.29) is 9.86 Å². The number of hydrogen-bond donors (Lipinski definition) is 2. The number of carboxylic acids is 1. The molecule has 1 aromatic heterocycles. The average molecular weight is 336 g/mol. The monoisotopic (exact) mass is 335 g/mol. The zero-order chi connectivity index (χ0) is 14.4. The van der Waals surface area contributed by atoms with E-state index in [0.717, 1.165) is 12.1 Å². The molecule has 8 heteroatoms. The van der Waals surface area contributed by atoms with Crippen LogP contribution in [-0.4, -0.2) is 16.1 Å². The minimum atomic E-state index is -4.71. The predicted octanol–water partition coefficient (Wildman–Crippen LogP) is 3.01. The Morgan fingerprint density at radius 2 is 1.89 bits per heavy atom. The van der Waals surface area contributed by atoms with Crippen molar-refractivity contribution in [3.63, 3.8) is 0 Å². The smallest absolute Gasteiger partial charge is 0.418 e. The zero-order valence-electron chi connectivity index (χ0n) is 9.01. The third-order valence-corrected chi connectivity index (χ3v) is 2.90. The first-order valence-corrected chi connectivity index (χ1v) is 5.66. The third kappa shape index (κ3) is 2.48. The molecule has 0 spiro atoms. The minimum Gasteiger partial charge on any atom is -0.477 e. The second-order valence-electron chi connectivity index (χ2n) is 3.73. The number of benzene rings is 1. The van der Waals surface area contributed by atoms with Crippen LogP contribution in [0.4, 0.5) is 13.2 Å². The number of hydrogen-bond acceptors (Lipinski definition) is 2. The van der Waals surface area contributed by atoms with E-state index in [4.69, 9.17) is 5.11 Å². The minimum absolute atomic E-state index is 0.0842. The summed E-state index contributed by atoms with van der Waals surface area (Å²) >= 11 is 2.89. The van der Waals surface area contributed by atoms with Crippen molar-refractivity contribution in [3.8, 4) is 0 Å². The number of carbonyl (C=O) groups is 1. The fraction of sp³-hybridized carbons (Fsp3) is 0.0909. The highest BCUT2D eigenvalue weighted by Gasteiger charge is 2.34. The molecular formula is C11H5BrF3NO3. The van der Waals surface area contributed by atoms with Gasteiger partial charge in [0, 0.05) is 15.9 Å². The van der Waals surface area contributed by atoms with E-state index >= 15 is 0 Å². The van der Waals surface area contributed by atoms with Crippen LogP contribution in [0.3, 0.4) is 0 Å². The van der Waals surface area contributed by atoms with Gasteiger partial charge in [0.1, 0.15) is 5.69 Å². The summed E-state index contributed by atoms with van der Waals surface area (Å²) in [7, 11) is 0. The lowest BCUT2D eigenvalue weighted by molar-refractivity contribution is -0.136. The number of aromatic nitrogens is 1. The second kappa shape index (κ2) is 4.37. The van der Waals surface area contributed by atoms with E-state index < -0.39 is 34.3 Å². The van der Waals surface area contributed by atoms with E-state index in [0.29, 0.717) is 0 Å². The Morgan fingerprint density at radius 3 is 2.42 bits per heavy atom. The van der Waals surface area contributed by atoms with Gasteiger partial charge in [0.15, 0.2) is 5.43 Å². The van der Waals surface area contributed by atoms with Crippen molar-refractivity contribution in [1.29, 1.82) is 0 Å². The molecule has 0 fully saturated rings. The zero-order valence-corrected chi connectivity index (χ0v) is 10.6. The molecular weight excluding hydrogens is 331 g/mol. The van der Waals surface area contributed by atoms with Crippen molar-refractivity contribution in [1.82, 2.24) is 4.98 Å². The van der Waals surface area contributed by atoms with Crippen LogP contribution in [-0.2, 0) is 6.18 Å². The lowest BCUT2D eigenvalue weighted by atomic mass is 10.1. The van der Waals surface area contributed by atoms with Gasteiger partial charge in [0.25, 0.3) is 0 Å². The lowest BCUT2D eigenvalue weighted by Crippen LogP contribution is -2.14. The summed E-state index contributed by atoms with van der Waals surface area (Å²) in [6.07, 6.45) is -4.71. The van der Waals surface area contributed by atoms with Crippen LogP contribution < -0.4 is 5.43 Å². The summed E-state index contributed by atoms with van der Waals surface area (Å²) in [6, 6.07) is 2.73. The van der Waals surface area contributed by atoms with E-state index in [2.05, 4.69) is 20.9 Å². The van der Waals surface area contributed by atoms with Crippen LogP contribution in [0.2, 0.25) is 0 Å². The number of aromatic amines is 1. The van der Waals surface area contributed by atoms with Crippen molar-refractivity contribution in [3.05, 3.63) is 44.2 Å². The quantitative estimate of drug-likeness (QED) is 0.841. The molecule has 0 saturated heterocycles. The standard InChI is InChI=1S/C11H5BrF3NO3/c12-4-1-5-8(17)3-7(10(18)19)16-9(5)6(2-4)11(13,14)15/h1-3H,(H,16,17)(H,18,19). The first-order valence-electron chi connectivity index (χ1n) is 4.87. The second-order valence-corrected chi connectivity index (χ2v) is 4.64. The summed E-state index contributed by atoms with van der Waals surface area (Å²) in [5, 5.41) is 8.53. The number of rotatable bonds is 1. The maximum Gasteiger partial charge on any atom is 0.418 e. The molecule has 19 heavy (non-hydrogen) atoms. The first kappa shape index (κ1) is 13.6. The van der Waals surface area contributed by atoms with Gasteiger partial charge in [-0.25, -0.2) is 4.79 Å². The van der Waals surface area contributed by atoms with Gasteiger partial charge in [-0.1, -0.05) is 15.9 Å². The molecule has 1 aromatic carbocycles. The van der Waals surface area contributed by atoms with E-state index in [1.807, 2.05) is 0 Å². The van der Waals surface area contributed by atoms with Crippen LogP contribution in [0.1, 0.15) is 16.1 Å². The van der Waals surface area contributed by atoms with E-state index in [9.17, 15) is 22.8 Å². The van der Waals surface area contributed by atoms with Crippen molar-refractivity contribution in [2.75, 3.05) is 0 Å². The molecule has 1 heterocycles. The van der Waals surface area contributed by atoms with Gasteiger partial charge in [-0.2, -0.15) is 13.2 Å². The topological polar surface area (TPSA) is 70.2 Å². The van der Waals surface area contributed by atoms with Gasteiger partial charge in [0.05, 0.1) is 11.1 Å². The molecule has 100 valence electrons. The molecule has 0 amide bonds. The number of halogens is 4. The molecule has 2 rings (SSSR count). The summed E-state index contributed by atoms with van der Waals surface area (Å²) in [5.74, 6) is -1.50. The maximum absolute atomic E-state index is 12.9. The molecule has 4 nitrogen and oxygen atoms in total. The number of aromatic carboxylic acids is 1. The Bertz CT molecular complexity index is 736. The highest BCUT2D eigenvalue weighted by atomic mass is 79.9. The van der Waals surface area contributed by atoms with Gasteiger partial charge < -0.3 is 10.1 Å². The van der Waals surface area contributed by atoms with Crippen LogP contribution >= 0.6 is 15.9 Å². The SMILES string of the molecule is O=C(O)c1cc(=O)c2cc(Br)cc(C(F)(F)F)c2[nH]1. The Morgan fingerprint density at radius 1 is 1.26 bits per heavy atom. The average Bonchev–Trinajstić information content (AvgIpc) is 2.27. The van der Waals surface area contributed by atoms with Crippen molar-refractivity contribution < 1.29 is 23.1 Å². The van der Waals surface area contributed by atoms with Crippen molar-refractivity contribution in [2.45, 2.75) is 6.18 Å². The molecule has 0 unspecified atom stereocenters. The Balaban J connectivity index is 2.97. The van der Waals surface area contributed by atoms with E-state index in [1.165, 1.54) is 6.07 Å². The van der Waals surface area contributed by atoms with Gasteiger partial charge in [0.2, 0.25) is 0 Å². The summed E-state index contributed by atoms with van der Waals surface area (Å²) < 4.78 is 38.7. The number of carboxylic acid groups (broad SMARTS) is 1. The Hall–Kier alpha value is -1.83. The molecule has 0 radical (unpaired) electrons. The largest absolute Gasteiger partial charge is 0.477 e. The summed E-state index contributed by atoms with van der Waals surface area (Å²) in [5.41, 5.74) is -3.03. The fourth-order valence-electron chi connectivity index (χ4n) is 1.65. The number of H-pyrrole nitrogens is 1. The first-order chi connectivity index (χ1) is 8.70. The Kier molecular flexibility index (Phi) is 3.13. The van der Waals surface area contributed by atoms with Crippen LogP contribution in [0.25, 0.3) is 10.9 Å². The van der Waals surface area contributed by atoms with Crippen LogP contribution in [0, 0.1) is 0 Å². The van der Waals surface area contributed by atoms with Gasteiger partial charge in [-0.15, -0.1) is 0 Å². The molecule has 0 aliphatic rings. The fourth-order valence-corrected chi connectivity index (χ4v) is 2.11. The Labute approximate surface area is 112 Å². The van der Waals surface area contributed by atoms with Crippen molar-refractivity contribution >= 4 is 32.8 Å². The third-order valence-electron chi connectivity index (χ3n) is 2.44. The highest BCUT2D eigenvalue weighted by Crippen LogP contribution is 2.35. The summed E-state index contributed by atoms with van der Waals surface area (Å²) in [6.45, 7) is 0. The molecule has 0 atom stereocenters. The van der Waals surface area contributed by atoms with Crippen LogP contribution in [0.5, 0.6) is 0 Å². The number of fused-ring (bicyclic) bond motifs is 1. The number of pyridine rings is 1. The highest BCUT2D eigenvalue weighted by molar-refractivity contribution is 9.10. The predicted molar refractivity (Wildman–Crippen MR) is 64.2 cm³/mol. The van der Waals surface area contributed by atoms with Gasteiger partial charge in [-0.05, 0) is 12.1 Å². The maximum atomic E-state index is 12.9. The molecule has 0 aliphatic heterocycles. The molecule has 2 aromatic rings. The van der Waals surface area contributed by atoms with Crippen LogP contribution in [0.15, 0.2) is 27.5 Å². The number of alkyl halides is 3. The molecule has 0 saturated carbocycles. The van der Waals surface area contributed by atoms with Gasteiger partial charge in [-0.3, -0.25) is 4.79 Å². The summed E-state index contributed by atoms with van der Waals surface area (Å²) in [4.78, 5) is 24.6.